The van der Waals surface area contributed by atoms with Crippen molar-refractivity contribution in [2.45, 2.75) is 6.10 Å². The van der Waals surface area contributed by atoms with Gasteiger partial charge < -0.3 is 19.7 Å². The average molecular weight is 462 g/mol. The van der Waals surface area contributed by atoms with Crippen LogP contribution in [0.25, 0.3) is 0 Å². The van der Waals surface area contributed by atoms with Gasteiger partial charge in [0.1, 0.15) is 11.9 Å². The van der Waals surface area contributed by atoms with Gasteiger partial charge in [-0.15, -0.1) is 0 Å². The molecule has 2 N–H and O–H groups in total. The van der Waals surface area contributed by atoms with Crippen LogP contribution >= 0.6 is 12.2 Å². The molecule has 1 unspecified atom stereocenters. The molecule has 2 saturated heterocycles. The Labute approximate surface area is 180 Å². The largest absolute Gasteiger partial charge is 0.474 e. The second-order valence-electron chi connectivity index (χ2n) is 6.72. The van der Waals surface area contributed by atoms with E-state index in [-0.39, 0.29) is 31.4 Å². The number of rotatable bonds is 6. The Kier molecular flexibility index (Phi) is 6.95. The molecule has 2 aliphatic rings. The van der Waals surface area contributed by atoms with Crippen LogP contribution in [0.3, 0.4) is 0 Å². The Hall–Kier alpha value is -2.22. The number of carbonyl (C=O) groups excluding carboxylic acids is 1. The molecule has 1 amide bonds. The van der Waals surface area contributed by atoms with Crippen LogP contribution in [0, 0.1) is 5.82 Å². The van der Waals surface area contributed by atoms with Gasteiger partial charge in [0.2, 0.25) is 0 Å². The van der Waals surface area contributed by atoms with Crippen LogP contribution in [0.2, 0.25) is 0 Å². The van der Waals surface area contributed by atoms with Gasteiger partial charge in [-0.25, -0.2) is 13.9 Å². The molecule has 0 bridgehead atoms. The zero-order valence-corrected chi connectivity index (χ0v) is 18.3. The van der Waals surface area contributed by atoms with Crippen LogP contribution in [0.15, 0.2) is 18.2 Å². The van der Waals surface area contributed by atoms with Crippen LogP contribution in [-0.4, -0.2) is 83.5 Å². The van der Waals surface area contributed by atoms with E-state index in [2.05, 4.69) is 10.0 Å². The van der Waals surface area contributed by atoms with Crippen LogP contribution in [0.1, 0.15) is 0 Å². The molecular weight excluding hydrogens is 437 g/mol. The summed E-state index contributed by atoms with van der Waals surface area (Å²) in [5, 5.41) is 3.02. The van der Waals surface area contributed by atoms with Crippen LogP contribution in [0.4, 0.5) is 20.6 Å². The van der Waals surface area contributed by atoms with Gasteiger partial charge in [-0.1, -0.05) is 0 Å². The number of piperazine rings is 1. The third-order valence-electron chi connectivity index (χ3n) is 4.95. The normalized spacial score (nSPS) is 20.2. The highest BCUT2D eigenvalue weighted by Gasteiger charge is 2.33. The lowest BCUT2D eigenvalue weighted by Gasteiger charge is -2.35. The fraction of sp³-hybridized carbons (Fsp3) is 0.529. The number of cyclic esters (lactones) is 1. The maximum Gasteiger partial charge on any atom is 0.414 e. The Bertz CT molecular complexity index is 908. The van der Waals surface area contributed by atoms with E-state index in [1.807, 2.05) is 0 Å². The summed E-state index contributed by atoms with van der Waals surface area (Å²) >= 11 is 4.89. The van der Waals surface area contributed by atoms with Crippen molar-refractivity contribution in [1.29, 1.82) is 0 Å². The first-order valence-electron chi connectivity index (χ1n) is 9.28. The number of anilines is 2. The van der Waals surface area contributed by atoms with E-state index in [0.29, 0.717) is 24.5 Å². The summed E-state index contributed by atoms with van der Waals surface area (Å²) in [4.78, 5) is 15.3. The molecule has 0 aromatic heterocycles. The number of nitrogens with zero attached hydrogens (tertiary/aromatic N) is 3. The monoisotopic (exact) mass is 461 g/mol. The molecule has 13 heteroatoms. The van der Waals surface area contributed by atoms with Crippen molar-refractivity contribution >= 4 is 45.1 Å². The summed E-state index contributed by atoms with van der Waals surface area (Å²) in [6.45, 7) is 1.75. The highest BCUT2D eigenvalue weighted by atomic mass is 32.2. The molecule has 2 aliphatic heterocycles. The summed E-state index contributed by atoms with van der Waals surface area (Å²) in [5.41, 5.74) is 0.742. The third-order valence-corrected chi connectivity index (χ3v) is 6.83. The summed E-state index contributed by atoms with van der Waals surface area (Å²) in [6, 6.07) is 4.51. The molecule has 166 valence electrons. The third kappa shape index (κ3) is 4.91. The van der Waals surface area contributed by atoms with Crippen molar-refractivity contribution in [3.63, 3.8) is 0 Å². The van der Waals surface area contributed by atoms with Crippen LogP contribution < -0.4 is 19.8 Å². The fourth-order valence-electron chi connectivity index (χ4n) is 3.33. The number of carbonyl (C=O) groups is 1. The molecule has 30 heavy (non-hydrogen) atoms. The number of benzene rings is 1. The molecule has 1 aromatic carbocycles. The number of amides is 1. The number of thiocarbonyl (C=S) groups is 1. The number of methoxy groups -OCH3 is 1. The quantitative estimate of drug-likeness (QED) is 0.582. The van der Waals surface area contributed by atoms with Crippen molar-refractivity contribution in [1.82, 2.24) is 14.3 Å². The molecule has 10 nitrogen and oxygen atoms in total. The molecule has 1 aromatic rings. The Morgan fingerprint density at radius 2 is 2.03 bits per heavy atom. The van der Waals surface area contributed by atoms with E-state index in [0.717, 1.165) is 0 Å². The lowest BCUT2D eigenvalue weighted by Crippen LogP contribution is -2.51. The average Bonchev–Trinajstić information content (AvgIpc) is 3.12. The van der Waals surface area contributed by atoms with Gasteiger partial charge >= 0.3 is 6.09 Å². The van der Waals surface area contributed by atoms with Crippen molar-refractivity contribution in [2.24, 2.45) is 0 Å². The number of nitrogens with one attached hydrogen (secondary N) is 2. The number of hydrogen-bond donors (Lipinski definition) is 2. The highest BCUT2D eigenvalue weighted by Crippen LogP contribution is 2.28. The summed E-state index contributed by atoms with van der Waals surface area (Å²) in [5.74, 6) is -0.493. The molecule has 3 rings (SSSR count). The topological polar surface area (TPSA) is 103 Å². The van der Waals surface area contributed by atoms with E-state index >= 15 is 0 Å². The van der Waals surface area contributed by atoms with Gasteiger partial charge in [0, 0.05) is 33.2 Å². The van der Waals surface area contributed by atoms with Gasteiger partial charge in [-0.3, -0.25) is 4.90 Å². The van der Waals surface area contributed by atoms with Crippen LogP contribution in [0.5, 0.6) is 0 Å². The second-order valence-corrected chi connectivity index (χ2v) is 8.97. The maximum absolute atomic E-state index is 14.8. The van der Waals surface area contributed by atoms with Gasteiger partial charge in [0.05, 0.1) is 31.6 Å². The zero-order chi connectivity index (χ0) is 21.9. The predicted molar refractivity (Wildman–Crippen MR) is 113 cm³/mol. The molecule has 0 aliphatic carbocycles. The minimum Gasteiger partial charge on any atom is -0.474 e. The molecule has 0 spiro atoms. The maximum atomic E-state index is 14.8. The lowest BCUT2D eigenvalue weighted by atomic mass is 10.2. The van der Waals surface area contributed by atoms with Gasteiger partial charge in [-0.2, -0.15) is 12.7 Å². The summed E-state index contributed by atoms with van der Waals surface area (Å²) < 4.78 is 52.2. The smallest absolute Gasteiger partial charge is 0.414 e. The zero-order valence-electron chi connectivity index (χ0n) is 16.6. The molecule has 2 fully saturated rings. The van der Waals surface area contributed by atoms with Crippen molar-refractivity contribution in [3.8, 4) is 0 Å². The number of hydrogen-bond acceptors (Lipinski definition) is 7. The summed E-state index contributed by atoms with van der Waals surface area (Å²) in [6.07, 6.45) is -1.02. The first-order chi connectivity index (χ1) is 14.2. The van der Waals surface area contributed by atoms with Gasteiger partial charge in [-0.05, 0) is 30.4 Å². The van der Waals surface area contributed by atoms with Crippen molar-refractivity contribution in [3.05, 3.63) is 24.0 Å². The molecular formula is C17H24FN5O5S2. The molecule has 0 radical (unpaired) electrons. The minimum absolute atomic E-state index is 0.197. The van der Waals surface area contributed by atoms with E-state index in [9.17, 15) is 17.6 Å². The Morgan fingerprint density at radius 1 is 1.33 bits per heavy atom. The lowest BCUT2D eigenvalue weighted by molar-refractivity contribution is 0.142. The van der Waals surface area contributed by atoms with Gasteiger partial charge in [0.15, 0.2) is 0 Å². The van der Waals surface area contributed by atoms with Crippen molar-refractivity contribution in [2.75, 3.05) is 63.2 Å². The van der Waals surface area contributed by atoms with E-state index in [1.54, 1.807) is 17.0 Å². The first kappa shape index (κ1) is 22.5. The van der Waals surface area contributed by atoms with E-state index in [1.165, 1.54) is 29.4 Å². The van der Waals surface area contributed by atoms with E-state index < -0.39 is 28.2 Å². The molecule has 1 atom stereocenters. The second kappa shape index (κ2) is 9.29. The van der Waals surface area contributed by atoms with Gasteiger partial charge in [0.25, 0.3) is 15.4 Å². The van der Waals surface area contributed by atoms with Crippen molar-refractivity contribution < 1.29 is 27.1 Å². The number of ether oxygens (including phenoxy) is 2. The Morgan fingerprint density at radius 3 is 2.63 bits per heavy atom. The number of halogens is 1. The fourth-order valence-corrected chi connectivity index (χ4v) is 4.31. The molecule has 0 saturated carbocycles. The highest BCUT2D eigenvalue weighted by molar-refractivity contribution is 7.87. The predicted octanol–water partition coefficient (Wildman–Crippen LogP) is 0.258. The standard InChI is InChI=1S/C17H24FN5O5S2/c1-19-30(25,26)22-7-5-21(6-8-22)15-4-3-12(9-14(15)18)23-11-13(28-17(23)24)10-20-16(29)27-2/h3-4,9,13,19H,5-8,10-11H2,1-2H3,(H,20,29). The molecule has 2 heterocycles. The van der Waals surface area contributed by atoms with Crippen LogP contribution in [-0.2, 0) is 19.7 Å². The van der Waals surface area contributed by atoms with E-state index in [4.69, 9.17) is 21.7 Å². The SMILES string of the molecule is CNS(=O)(=O)N1CCN(c2ccc(N3CC(CNC(=S)OC)OC3=O)cc2F)CC1. The minimum atomic E-state index is -3.49. The summed E-state index contributed by atoms with van der Waals surface area (Å²) in [7, 11) is -0.701. The first-order valence-corrected chi connectivity index (χ1v) is 11.1. The Balaban J connectivity index is 1.63.